The van der Waals surface area contributed by atoms with Gasteiger partial charge in [0.1, 0.15) is 0 Å². The zero-order valence-electron chi connectivity index (χ0n) is 17.1. The maximum absolute atomic E-state index is 13.0. The molecule has 1 aliphatic rings. The highest BCUT2D eigenvalue weighted by Crippen LogP contribution is 2.33. The summed E-state index contributed by atoms with van der Waals surface area (Å²) in [4.78, 5) is 51.0. The van der Waals surface area contributed by atoms with Crippen LogP contribution in [0.5, 0.6) is 0 Å². The molecule has 3 N–H and O–H groups in total. The van der Waals surface area contributed by atoms with Crippen molar-refractivity contribution in [1.82, 2.24) is 0 Å². The van der Waals surface area contributed by atoms with E-state index >= 15 is 0 Å². The van der Waals surface area contributed by atoms with E-state index in [1.54, 1.807) is 24.3 Å². The number of hydrogen-bond donors (Lipinski definition) is 2. The zero-order chi connectivity index (χ0) is 23.9. The van der Waals surface area contributed by atoms with E-state index < -0.39 is 23.8 Å². The largest absolute Gasteiger partial charge is 0.449 e. The van der Waals surface area contributed by atoms with E-state index in [9.17, 15) is 19.2 Å². The molecule has 7 nitrogen and oxygen atoms in total. The highest BCUT2D eigenvalue weighted by molar-refractivity contribution is 6.35. The Kier molecular flexibility index (Phi) is 5.93. The molecule has 4 rings (SSSR count). The minimum atomic E-state index is -1.22. The number of anilines is 2. The van der Waals surface area contributed by atoms with Crippen LogP contribution in [0.3, 0.4) is 0 Å². The third kappa shape index (κ3) is 4.08. The number of ketones is 2. The molecule has 0 bridgehead atoms. The lowest BCUT2D eigenvalue weighted by molar-refractivity contribution is -0.123. The molecule has 0 aliphatic heterocycles. The van der Waals surface area contributed by atoms with Crippen LogP contribution in [0.15, 0.2) is 54.6 Å². The predicted octanol–water partition coefficient (Wildman–Crippen LogP) is 4.54. The van der Waals surface area contributed by atoms with Gasteiger partial charge in [-0.3, -0.25) is 14.4 Å². The van der Waals surface area contributed by atoms with Gasteiger partial charge in [-0.15, -0.1) is 0 Å². The summed E-state index contributed by atoms with van der Waals surface area (Å²) in [5.74, 6) is -2.40. The molecule has 1 amide bonds. The molecule has 0 spiro atoms. The fourth-order valence-electron chi connectivity index (χ4n) is 3.50. The van der Waals surface area contributed by atoms with Gasteiger partial charge in [-0.1, -0.05) is 47.5 Å². The van der Waals surface area contributed by atoms with E-state index in [0.717, 1.165) is 0 Å². The Morgan fingerprint density at radius 1 is 0.939 bits per heavy atom. The van der Waals surface area contributed by atoms with Gasteiger partial charge in [0.25, 0.3) is 5.91 Å². The molecule has 0 radical (unpaired) electrons. The van der Waals surface area contributed by atoms with Crippen molar-refractivity contribution >= 4 is 58.0 Å². The van der Waals surface area contributed by atoms with Gasteiger partial charge in [-0.2, -0.15) is 0 Å². The lowest BCUT2D eigenvalue weighted by Gasteiger charge is -2.20. The van der Waals surface area contributed by atoms with Crippen LogP contribution < -0.4 is 11.1 Å². The van der Waals surface area contributed by atoms with Gasteiger partial charge in [0.2, 0.25) is 0 Å². The summed E-state index contributed by atoms with van der Waals surface area (Å²) in [6.07, 6.45) is -1.22. The zero-order valence-corrected chi connectivity index (χ0v) is 18.7. The summed E-state index contributed by atoms with van der Waals surface area (Å²) in [6.45, 7) is 1.37. The van der Waals surface area contributed by atoms with Crippen molar-refractivity contribution in [2.24, 2.45) is 0 Å². The molecule has 1 atom stereocenters. The standard InChI is InChI=1S/C24H16Cl2N2O5/c1-11(23(31)28-18-10-12(25)6-9-17(18)26)33-24(32)16-8-7-15-19(20(16)27)22(30)14-5-3-2-4-13(14)21(15)29/h2-11H,27H2,1H3,(H,28,31). The third-order valence-corrected chi connectivity index (χ3v) is 5.76. The molecule has 1 unspecified atom stereocenters. The molecule has 0 saturated heterocycles. The van der Waals surface area contributed by atoms with E-state index in [1.807, 2.05) is 0 Å². The first-order valence-corrected chi connectivity index (χ1v) is 10.5. The molecular formula is C24H16Cl2N2O5. The second-order valence-electron chi connectivity index (χ2n) is 7.31. The van der Waals surface area contributed by atoms with Crippen molar-refractivity contribution in [2.75, 3.05) is 11.1 Å². The number of nitrogens with one attached hydrogen (secondary N) is 1. The van der Waals surface area contributed by atoms with E-state index in [4.69, 9.17) is 33.7 Å². The second-order valence-corrected chi connectivity index (χ2v) is 8.16. The summed E-state index contributed by atoms with van der Waals surface area (Å²) in [5, 5.41) is 3.15. The Balaban J connectivity index is 1.57. The summed E-state index contributed by atoms with van der Waals surface area (Å²) < 4.78 is 5.24. The first-order chi connectivity index (χ1) is 15.7. The number of rotatable bonds is 4. The van der Waals surface area contributed by atoms with Gasteiger partial charge in [-0.05, 0) is 37.3 Å². The molecule has 3 aromatic carbocycles. The molecule has 0 fully saturated rings. The van der Waals surface area contributed by atoms with Crippen molar-refractivity contribution in [3.8, 4) is 0 Å². The topological polar surface area (TPSA) is 116 Å². The molecule has 0 saturated carbocycles. The first-order valence-electron chi connectivity index (χ1n) is 9.77. The number of nitrogens with two attached hydrogens (primary N) is 1. The first kappa shape index (κ1) is 22.5. The van der Waals surface area contributed by atoms with Gasteiger partial charge >= 0.3 is 5.97 Å². The molecule has 3 aromatic rings. The van der Waals surface area contributed by atoms with E-state index in [0.29, 0.717) is 5.02 Å². The lowest BCUT2D eigenvalue weighted by Crippen LogP contribution is -2.31. The van der Waals surface area contributed by atoms with Gasteiger partial charge in [-0.25, -0.2) is 4.79 Å². The number of carbonyl (C=O) groups excluding carboxylic acids is 4. The average Bonchev–Trinajstić information content (AvgIpc) is 2.79. The number of fused-ring (bicyclic) bond motifs is 2. The number of ether oxygens (including phenoxy) is 1. The van der Waals surface area contributed by atoms with Crippen molar-refractivity contribution in [3.63, 3.8) is 0 Å². The van der Waals surface area contributed by atoms with Crippen LogP contribution in [-0.4, -0.2) is 29.5 Å². The summed E-state index contributed by atoms with van der Waals surface area (Å²) in [7, 11) is 0. The molecule has 0 heterocycles. The number of amides is 1. The van der Waals surface area contributed by atoms with E-state index in [-0.39, 0.29) is 50.0 Å². The van der Waals surface area contributed by atoms with Crippen LogP contribution in [-0.2, 0) is 9.53 Å². The normalized spacial score (nSPS) is 13.1. The Morgan fingerprint density at radius 2 is 1.61 bits per heavy atom. The van der Waals surface area contributed by atoms with Crippen LogP contribution in [0.1, 0.15) is 49.1 Å². The van der Waals surface area contributed by atoms with Crippen LogP contribution >= 0.6 is 23.2 Å². The summed E-state index contributed by atoms with van der Waals surface area (Å²) >= 11 is 12.0. The quantitative estimate of drug-likeness (QED) is 0.326. The van der Waals surface area contributed by atoms with Crippen molar-refractivity contribution in [2.45, 2.75) is 13.0 Å². The van der Waals surface area contributed by atoms with Crippen molar-refractivity contribution in [1.29, 1.82) is 0 Å². The van der Waals surface area contributed by atoms with E-state index in [2.05, 4.69) is 5.32 Å². The monoisotopic (exact) mass is 482 g/mol. The minimum Gasteiger partial charge on any atom is -0.449 e. The third-order valence-electron chi connectivity index (χ3n) is 5.19. The van der Waals surface area contributed by atoms with Gasteiger partial charge in [0.05, 0.1) is 27.5 Å². The van der Waals surface area contributed by atoms with Crippen LogP contribution in [0.4, 0.5) is 11.4 Å². The van der Waals surface area contributed by atoms with Gasteiger partial charge in [0.15, 0.2) is 17.7 Å². The molecule has 9 heteroatoms. The predicted molar refractivity (Wildman–Crippen MR) is 124 cm³/mol. The highest BCUT2D eigenvalue weighted by Gasteiger charge is 2.33. The molecule has 33 heavy (non-hydrogen) atoms. The van der Waals surface area contributed by atoms with Crippen LogP contribution in [0.25, 0.3) is 0 Å². The number of esters is 1. The fourth-order valence-corrected chi connectivity index (χ4v) is 3.83. The second kappa shape index (κ2) is 8.69. The Labute approximate surface area is 198 Å². The number of halogens is 2. The fraction of sp³-hybridized carbons (Fsp3) is 0.0833. The minimum absolute atomic E-state index is 0.0593. The Bertz CT molecular complexity index is 1350. The number of hydrogen-bond acceptors (Lipinski definition) is 6. The smallest absolute Gasteiger partial charge is 0.341 e. The SMILES string of the molecule is CC(OC(=O)c1ccc2c(c1N)C(=O)c1ccccc1C2=O)C(=O)Nc1cc(Cl)ccc1Cl. The van der Waals surface area contributed by atoms with E-state index in [1.165, 1.54) is 37.3 Å². The van der Waals surface area contributed by atoms with Crippen LogP contribution in [0.2, 0.25) is 10.0 Å². The summed E-state index contributed by atoms with van der Waals surface area (Å²) in [5.41, 5.74) is 6.59. The molecule has 0 aromatic heterocycles. The van der Waals surface area contributed by atoms with Crippen molar-refractivity contribution in [3.05, 3.63) is 92.5 Å². The number of carbonyl (C=O) groups is 4. The molecular weight excluding hydrogens is 467 g/mol. The Hall–Kier alpha value is -3.68. The van der Waals surface area contributed by atoms with Gasteiger partial charge < -0.3 is 15.8 Å². The average molecular weight is 483 g/mol. The summed E-state index contributed by atoms with van der Waals surface area (Å²) in [6, 6.07) is 13.6. The maximum atomic E-state index is 13.0. The highest BCUT2D eigenvalue weighted by atomic mass is 35.5. The molecule has 166 valence electrons. The van der Waals surface area contributed by atoms with Crippen LogP contribution in [0, 0.1) is 0 Å². The maximum Gasteiger partial charge on any atom is 0.341 e. The Morgan fingerprint density at radius 3 is 2.30 bits per heavy atom. The van der Waals surface area contributed by atoms with Gasteiger partial charge in [0, 0.05) is 21.7 Å². The lowest BCUT2D eigenvalue weighted by atomic mass is 9.82. The van der Waals surface area contributed by atoms with Crippen molar-refractivity contribution < 1.29 is 23.9 Å². The number of nitrogen functional groups attached to an aromatic ring is 1. The molecule has 1 aliphatic carbocycles. The number of benzene rings is 3.